The monoisotopic (exact) mass is 290 g/mol. The summed E-state index contributed by atoms with van der Waals surface area (Å²) in [6, 6.07) is 5.54. The van der Waals surface area contributed by atoms with Gasteiger partial charge in [-0.3, -0.25) is 14.6 Å². The summed E-state index contributed by atoms with van der Waals surface area (Å²) in [7, 11) is 1.40. The highest BCUT2D eigenvalue weighted by Crippen LogP contribution is 2.03. The van der Waals surface area contributed by atoms with E-state index >= 15 is 0 Å². The molecule has 5 heteroatoms. The van der Waals surface area contributed by atoms with E-state index in [4.69, 9.17) is 0 Å². The van der Waals surface area contributed by atoms with Crippen molar-refractivity contribution in [1.82, 2.24) is 10.3 Å². The zero-order chi connectivity index (χ0) is 15.3. The highest BCUT2D eigenvalue weighted by Gasteiger charge is 1.99. The number of methoxy groups -OCH3 is 1. The summed E-state index contributed by atoms with van der Waals surface area (Å²) in [4.78, 5) is 26.5. The highest BCUT2D eigenvalue weighted by atomic mass is 16.5. The number of aromatic nitrogens is 1. The number of rotatable bonds is 9. The Kier molecular flexibility index (Phi) is 8.52. The molecule has 0 aliphatic heterocycles. The van der Waals surface area contributed by atoms with Crippen molar-refractivity contribution in [1.29, 1.82) is 0 Å². The summed E-state index contributed by atoms with van der Waals surface area (Å²) in [6.07, 6.45) is 9.02. The molecule has 1 amide bonds. The zero-order valence-electron chi connectivity index (χ0n) is 12.4. The first-order chi connectivity index (χ1) is 10.2. The maximum Gasteiger partial charge on any atom is 0.305 e. The van der Waals surface area contributed by atoms with Crippen LogP contribution in [0.15, 0.2) is 30.5 Å². The maximum atomic E-state index is 11.5. The smallest absolute Gasteiger partial charge is 0.305 e. The highest BCUT2D eigenvalue weighted by molar-refractivity contribution is 5.91. The predicted octanol–water partition coefficient (Wildman–Crippen LogP) is 2.33. The number of hydrogen-bond acceptors (Lipinski definition) is 4. The standard InChI is InChI=1S/C16H22N2O3/c1-21-16(20)9-4-2-3-6-13-18-15(19)11-10-14-8-5-7-12-17-14/h5,7-8,10-12H,2-4,6,9,13H2,1H3,(H,18,19)/b11-10+. The van der Waals surface area contributed by atoms with Crippen molar-refractivity contribution in [2.75, 3.05) is 13.7 Å². The Balaban J connectivity index is 2.04. The zero-order valence-corrected chi connectivity index (χ0v) is 12.4. The number of unbranched alkanes of at least 4 members (excludes halogenated alkanes) is 3. The van der Waals surface area contributed by atoms with Gasteiger partial charge in [-0.25, -0.2) is 0 Å². The first-order valence-corrected chi connectivity index (χ1v) is 7.16. The van der Waals surface area contributed by atoms with Crippen molar-refractivity contribution in [2.24, 2.45) is 0 Å². The second-order valence-corrected chi connectivity index (χ2v) is 4.62. The number of carbonyl (C=O) groups excluding carboxylic acids is 2. The van der Waals surface area contributed by atoms with E-state index in [1.807, 2.05) is 18.2 Å². The van der Waals surface area contributed by atoms with Crippen molar-refractivity contribution < 1.29 is 14.3 Å². The van der Waals surface area contributed by atoms with Crippen LogP contribution in [0, 0.1) is 0 Å². The van der Waals surface area contributed by atoms with Crippen LogP contribution in [-0.2, 0) is 14.3 Å². The molecule has 0 aliphatic rings. The normalized spacial score (nSPS) is 10.5. The molecular weight excluding hydrogens is 268 g/mol. The van der Waals surface area contributed by atoms with Crippen LogP contribution < -0.4 is 5.32 Å². The lowest BCUT2D eigenvalue weighted by atomic mass is 10.1. The number of hydrogen-bond donors (Lipinski definition) is 1. The van der Waals surface area contributed by atoms with E-state index in [-0.39, 0.29) is 11.9 Å². The molecule has 1 aromatic heterocycles. The Bertz CT molecular complexity index is 458. The molecule has 1 aromatic rings. The van der Waals surface area contributed by atoms with E-state index in [1.165, 1.54) is 13.2 Å². The summed E-state index contributed by atoms with van der Waals surface area (Å²) in [5.74, 6) is -0.279. The van der Waals surface area contributed by atoms with Crippen molar-refractivity contribution in [2.45, 2.75) is 32.1 Å². The number of pyridine rings is 1. The van der Waals surface area contributed by atoms with Gasteiger partial charge in [0, 0.05) is 25.2 Å². The molecule has 0 saturated carbocycles. The predicted molar refractivity (Wildman–Crippen MR) is 81.4 cm³/mol. The van der Waals surface area contributed by atoms with Crippen LogP contribution >= 0.6 is 0 Å². The van der Waals surface area contributed by atoms with Crippen LogP contribution in [0.3, 0.4) is 0 Å². The molecule has 0 aromatic carbocycles. The molecule has 0 aliphatic carbocycles. The molecule has 0 unspecified atom stereocenters. The molecule has 1 heterocycles. The van der Waals surface area contributed by atoms with Gasteiger partial charge in [-0.1, -0.05) is 18.9 Å². The van der Waals surface area contributed by atoms with Gasteiger partial charge in [0.15, 0.2) is 0 Å². The first-order valence-electron chi connectivity index (χ1n) is 7.16. The van der Waals surface area contributed by atoms with Gasteiger partial charge in [-0.05, 0) is 31.1 Å². The van der Waals surface area contributed by atoms with Crippen molar-refractivity contribution in [3.05, 3.63) is 36.2 Å². The number of esters is 1. The molecular formula is C16H22N2O3. The number of nitrogens with zero attached hydrogens (tertiary/aromatic N) is 1. The van der Waals surface area contributed by atoms with Gasteiger partial charge in [0.05, 0.1) is 12.8 Å². The van der Waals surface area contributed by atoms with Crippen LogP contribution in [0.25, 0.3) is 6.08 Å². The van der Waals surface area contributed by atoms with Gasteiger partial charge >= 0.3 is 5.97 Å². The molecule has 114 valence electrons. The molecule has 0 bridgehead atoms. The van der Waals surface area contributed by atoms with Crippen LogP contribution in [-0.4, -0.2) is 30.5 Å². The van der Waals surface area contributed by atoms with E-state index in [9.17, 15) is 9.59 Å². The Labute approximate surface area is 125 Å². The summed E-state index contributed by atoms with van der Waals surface area (Å²) in [5.41, 5.74) is 0.760. The topological polar surface area (TPSA) is 68.3 Å². The largest absolute Gasteiger partial charge is 0.469 e. The van der Waals surface area contributed by atoms with Gasteiger partial charge in [0.1, 0.15) is 0 Å². The number of ether oxygens (including phenoxy) is 1. The van der Waals surface area contributed by atoms with E-state index < -0.39 is 0 Å². The fraction of sp³-hybridized carbons (Fsp3) is 0.438. The average molecular weight is 290 g/mol. The van der Waals surface area contributed by atoms with Crippen molar-refractivity contribution >= 4 is 18.0 Å². The van der Waals surface area contributed by atoms with Crippen molar-refractivity contribution in [3.63, 3.8) is 0 Å². The molecule has 5 nitrogen and oxygen atoms in total. The van der Waals surface area contributed by atoms with Gasteiger partial charge in [-0.2, -0.15) is 0 Å². The van der Waals surface area contributed by atoms with Crippen LogP contribution in [0.2, 0.25) is 0 Å². The maximum absolute atomic E-state index is 11.5. The summed E-state index contributed by atoms with van der Waals surface area (Å²) < 4.78 is 4.56. The molecule has 21 heavy (non-hydrogen) atoms. The fourth-order valence-corrected chi connectivity index (χ4v) is 1.76. The van der Waals surface area contributed by atoms with Crippen LogP contribution in [0.1, 0.15) is 37.8 Å². The van der Waals surface area contributed by atoms with E-state index in [1.54, 1.807) is 12.3 Å². The Morgan fingerprint density at radius 1 is 1.24 bits per heavy atom. The average Bonchev–Trinajstić information content (AvgIpc) is 2.52. The van der Waals surface area contributed by atoms with Gasteiger partial charge in [0.25, 0.3) is 0 Å². The molecule has 0 fully saturated rings. The summed E-state index contributed by atoms with van der Waals surface area (Å²) in [5, 5.41) is 2.82. The van der Waals surface area contributed by atoms with Crippen LogP contribution in [0.5, 0.6) is 0 Å². The Hall–Kier alpha value is -2.17. The third kappa shape index (κ3) is 8.57. The van der Waals surface area contributed by atoms with Gasteiger partial charge in [0.2, 0.25) is 5.91 Å². The Morgan fingerprint density at radius 3 is 2.76 bits per heavy atom. The summed E-state index contributed by atoms with van der Waals surface area (Å²) >= 11 is 0. The SMILES string of the molecule is COC(=O)CCCCCCNC(=O)/C=C/c1ccccn1. The number of amides is 1. The number of carbonyl (C=O) groups is 2. The second-order valence-electron chi connectivity index (χ2n) is 4.62. The van der Waals surface area contributed by atoms with Crippen molar-refractivity contribution in [3.8, 4) is 0 Å². The minimum atomic E-state index is -0.164. The van der Waals surface area contributed by atoms with E-state index in [0.717, 1.165) is 31.4 Å². The first kappa shape index (κ1) is 16.9. The molecule has 0 saturated heterocycles. The summed E-state index contributed by atoms with van der Waals surface area (Å²) in [6.45, 7) is 0.642. The lowest BCUT2D eigenvalue weighted by molar-refractivity contribution is -0.140. The molecule has 1 rings (SSSR count). The quantitative estimate of drug-likeness (QED) is 0.430. The molecule has 0 spiro atoms. The molecule has 1 N–H and O–H groups in total. The fourth-order valence-electron chi connectivity index (χ4n) is 1.76. The Morgan fingerprint density at radius 2 is 2.05 bits per heavy atom. The second kappa shape index (κ2) is 10.6. The lowest BCUT2D eigenvalue weighted by Crippen LogP contribution is -2.21. The number of nitrogens with one attached hydrogen (secondary N) is 1. The van der Waals surface area contributed by atoms with Crippen LogP contribution in [0.4, 0.5) is 0 Å². The lowest BCUT2D eigenvalue weighted by Gasteiger charge is -2.02. The third-order valence-electron chi connectivity index (χ3n) is 2.93. The van der Waals surface area contributed by atoms with E-state index in [2.05, 4.69) is 15.0 Å². The van der Waals surface area contributed by atoms with Gasteiger partial charge < -0.3 is 10.1 Å². The third-order valence-corrected chi connectivity index (χ3v) is 2.93. The molecule has 0 atom stereocenters. The van der Waals surface area contributed by atoms with E-state index in [0.29, 0.717) is 13.0 Å². The molecule has 0 radical (unpaired) electrons. The minimum Gasteiger partial charge on any atom is -0.469 e. The minimum absolute atomic E-state index is 0.116. The van der Waals surface area contributed by atoms with Gasteiger partial charge in [-0.15, -0.1) is 0 Å².